The van der Waals surface area contributed by atoms with Crippen molar-refractivity contribution in [2.75, 3.05) is 20.2 Å². The molecular formula is C12H18BrNO2S. The number of unbranched alkanes of at least 4 members (excludes halogenated alkanes) is 2. The Morgan fingerprint density at radius 2 is 2.18 bits per heavy atom. The van der Waals surface area contributed by atoms with Gasteiger partial charge in [-0.1, -0.05) is 0 Å². The van der Waals surface area contributed by atoms with Crippen molar-refractivity contribution < 1.29 is 9.90 Å². The number of aliphatic hydroxyl groups excluding tert-OH is 1. The molecule has 0 bridgehead atoms. The van der Waals surface area contributed by atoms with Crippen molar-refractivity contribution in [3.8, 4) is 0 Å². The summed E-state index contributed by atoms with van der Waals surface area (Å²) in [5, 5.41) is 8.67. The van der Waals surface area contributed by atoms with E-state index in [1.54, 1.807) is 4.90 Å². The topological polar surface area (TPSA) is 40.5 Å². The fourth-order valence-electron chi connectivity index (χ4n) is 1.49. The van der Waals surface area contributed by atoms with Crippen LogP contribution in [0.15, 0.2) is 9.85 Å². The third-order valence-electron chi connectivity index (χ3n) is 2.57. The molecule has 3 nitrogen and oxygen atoms in total. The van der Waals surface area contributed by atoms with Crippen LogP contribution in [0.25, 0.3) is 0 Å². The number of hydrogen-bond acceptors (Lipinski definition) is 3. The Kier molecular flexibility index (Phi) is 6.16. The zero-order chi connectivity index (χ0) is 12.8. The van der Waals surface area contributed by atoms with Gasteiger partial charge in [0.25, 0.3) is 5.91 Å². The molecule has 5 heteroatoms. The van der Waals surface area contributed by atoms with Crippen LogP contribution in [0.2, 0.25) is 0 Å². The Labute approximate surface area is 115 Å². The van der Waals surface area contributed by atoms with Gasteiger partial charge in [0.2, 0.25) is 0 Å². The number of aliphatic hydroxyl groups is 1. The van der Waals surface area contributed by atoms with Crippen molar-refractivity contribution in [3.63, 3.8) is 0 Å². The highest BCUT2D eigenvalue weighted by Gasteiger charge is 2.15. The molecule has 17 heavy (non-hydrogen) atoms. The first kappa shape index (κ1) is 14.7. The van der Waals surface area contributed by atoms with E-state index in [9.17, 15) is 4.79 Å². The van der Waals surface area contributed by atoms with Gasteiger partial charge in [0.15, 0.2) is 0 Å². The first-order valence-corrected chi connectivity index (χ1v) is 7.29. The van der Waals surface area contributed by atoms with Gasteiger partial charge in [-0.15, -0.1) is 11.3 Å². The number of nitrogens with zero attached hydrogens (tertiary/aromatic N) is 1. The van der Waals surface area contributed by atoms with Gasteiger partial charge < -0.3 is 10.0 Å². The number of hydrogen-bond donors (Lipinski definition) is 1. The van der Waals surface area contributed by atoms with Crippen LogP contribution in [0.4, 0.5) is 0 Å². The first-order chi connectivity index (χ1) is 8.06. The van der Waals surface area contributed by atoms with Gasteiger partial charge in [-0.3, -0.25) is 4.79 Å². The fraction of sp³-hybridized carbons (Fsp3) is 0.583. The van der Waals surface area contributed by atoms with E-state index in [1.807, 2.05) is 20.0 Å². The van der Waals surface area contributed by atoms with Crippen LogP contribution in [0, 0.1) is 6.92 Å². The standard InChI is InChI=1S/C12H18BrNO2S/c1-9-8-10(17-11(9)13)12(16)14(2)6-4-3-5-7-15/h8,15H,3-7H2,1-2H3. The molecule has 0 fully saturated rings. The molecule has 1 heterocycles. The maximum atomic E-state index is 12.0. The smallest absolute Gasteiger partial charge is 0.263 e. The summed E-state index contributed by atoms with van der Waals surface area (Å²) < 4.78 is 1.02. The first-order valence-electron chi connectivity index (χ1n) is 5.68. The van der Waals surface area contributed by atoms with Gasteiger partial charge in [-0.2, -0.15) is 0 Å². The molecule has 0 saturated carbocycles. The van der Waals surface area contributed by atoms with Crippen LogP contribution in [-0.2, 0) is 0 Å². The number of amides is 1. The maximum absolute atomic E-state index is 12.0. The molecule has 1 rings (SSSR count). The molecule has 0 aliphatic heterocycles. The number of aryl methyl sites for hydroxylation is 1. The molecule has 1 N–H and O–H groups in total. The van der Waals surface area contributed by atoms with Crippen LogP contribution >= 0.6 is 27.3 Å². The second kappa shape index (κ2) is 7.13. The van der Waals surface area contributed by atoms with E-state index in [-0.39, 0.29) is 12.5 Å². The summed E-state index contributed by atoms with van der Waals surface area (Å²) in [6, 6.07) is 1.92. The summed E-state index contributed by atoms with van der Waals surface area (Å²) in [4.78, 5) is 14.6. The molecule has 96 valence electrons. The van der Waals surface area contributed by atoms with Crippen molar-refractivity contribution in [2.45, 2.75) is 26.2 Å². The zero-order valence-electron chi connectivity index (χ0n) is 10.2. The van der Waals surface area contributed by atoms with E-state index in [2.05, 4.69) is 15.9 Å². The van der Waals surface area contributed by atoms with Crippen LogP contribution < -0.4 is 0 Å². The Hall–Kier alpha value is -0.390. The van der Waals surface area contributed by atoms with Crippen molar-refractivity contribution >= 4 is 33.2 Å². The highest BCUT2D eigenvalue weighted by Crippen LogP contribution is 2.28. The third kappa shape index (κ3) is 4.41. The number of halogens is 1. The van der Waals surface area contributed by atoms with E-state index >= 15 is 0 Å². The molecule has 0 aromatic carbocycles. The van der Waals surface area contributed by atoms with Gasteiger partial charge >= 0.3 is 0 Å². The van der Waals surface area contributed by atoms with Crippen molar-refractivity contribution in [2.24, 2.45) is 0 Å². The van der Waals surface area contributed by atoms with E-state index in [0.29, 0.717) is 0 Å². The van der Waals surface area contributed by atoms with Crippen molar-refractivity contribution in [3.05, 3.63) is 20.3 Å². The Morgan fingerprint density at radius 3 is 2.71 bits per heavy atom. The van der Waals surface area contributed by atoms with Crippen LogP contribution in [-0.4, -0.2) is 36.1 Å². The van der Waals surface area contributed by atoms with Gasteiger partial charge in [0.05, 0.1) is 8.66 Å². The Balaban J connectivity index is 2.46. The minimum absolute atomic E-state index is 0.0767. The number of thiophene rings is 1. The SMILES string of the molecule is Cc1cc(C(=O)N(C)CCCCCO)sc1Br. The number of rotatable bonds is 6. The molecule has 0 aliphatic carbocycles. The van der Waals surface area contributed by atoms with Crippen LogP contribution in [0.3, 0.4) is 0 Å². The molecule has 0 atom stereocenters. The van der Waals surface area contributed by atoms with Gasteiger partial charge in [-0.25, -0.2) is 0 Å². The van der Waals surface area contributed by atoms with E-state index in [4.69, 9.17) is 5.11 Å². The third-order valence-corrected chi connectivity index (χ3v) is 4.69. The summed E-state index contributed by atoms with van der Waals surface area (Å²) in [7, 11) is 1.82. The second-order valence-electron chi connectivity index (χ2n) is 4.08. The molecule has 1 aromatic heterocycles. The average molecular weight is 320 g/mol. The molecule has 0 unspecified atom stereocenters. The predicted molar refractivity (Wildman–Crippen MR) is 74.7 cm³/mol. The molecular weight excluding hydrogens is 302 g/mol. The van der Waals surface area contributed by atoms with Crippen LogP contribution in [0.1, 0.15) is 34.5 Å². The van der Waals surface area contributed by atoms with Crippen molar-refractivity contribution in [1.29, 1.82) is 0 Å². The highest BCUT2D eigenvalue weighted by atomic mass is 79.9. The molecule has 0 saturated heterocycles. The molecule has 1 aromatic rings. The summed E-state index contributed by atoms with van der Waals surface area (Å²) >= 11 is 4.91. The number of carbonyl (C=O) groups is 1. The average Bonchev–Trinajstić information content (AvgIpc) is 2.64. The predicted octanol–water partition coefficient (Wildman–Crippen LogP) is 3.05. The molecule has 0 spiro atoms. The van der Waals surface area contributed by atoms with E-state index in [1.165, 1.54) is 11.3 Å². The van der Waals surface area contributed by atoms with Gasteiger partial charge in [0, 0.05) is 20.2 Å². The zero-order valence-corrected chi connectivity index (χ0v) is 12.6. The summed E-state index contributed by atoms with van der Waals surface area (Å²) in [5.74, 6) is 0.0767. The molecule has 1 amide bonds. The lowest BCUT2D eigenvalue weighted by atomic mass is 10.2. The van der Waals surface area contributed by atoms with E-state index < -0.39 is 0 Å². The second-order valence-corrected chi connectivity index (χ2v) is 6.45. The van der Waals surface area contributed by atoms with Gasteiger partial charge in [0.1, 0.15) is 0 Å². The minimum Gasteiger partial charge on any atom is -0.396 e. The molecule has 0 radical (unpaired) electrons. The summed E-state index contributed by atoms with van der Waals surface area (Å²) in [6.45, 7) is 2.96. The number of carbonyl (C=O) groups excluding carboxylic acids is 1. The highest BCUT2D eigenvalue weighted by molar-refractivity contribution is 9.11. The van der Waals surface area contributed by atoms with Crippen molar-refractivity contribution in [1.82, 2.24) is 4.90 Å². The monoisotopic (exact) mass is 319 g/mol. The molecule has 0 aliphatic rings. The quantitative estimate of drug-likeness (QED) is 0.819. The fourth-order valence-corrected chi connectivity index (χ4v) is 3.02. The summed E-state index contributed by atoms with van der Waals surface area (Å²) in [5.41, 5.74) is 1.10. The maximum Gasteiger partial charge on any atom is 0.263 e. The minimum atomic E-state index is 0.0767. The lowest BCUT2D eigenvalue weighted by Gasteiger charge is -2.15. The van der Waals surface area contributed by atoms with Gasteiger partial charge in [-0.05, 0) is 53.7 Å². The summed E-state index contributed by atoms with van der Waals surface area (Å²) in [6.07, 6.45) is 2.71. The van der Waals surface area contributed by atoms with E-state index in [0.717, 1.165) is 40.0 Å². The Morgan fingerprint density at radius 1 is 1.47 bits per heavy atom. The van der Waals surface area contributed by atoms with Crippen LogP contribution in [0.5, 0.6) is 0 Å². The lowest BCUT2D eigenvalue weighted by Crippen LogP contribution is -2.27. The largest absolute Gasteiger partial charge is 0.396 e. The normalized spacial score (nSPS) is 10.6. The lowest BCUT2D eigenvalue weighted by molar-refractivity contribution is 0.0797. The Bertz CT molecular complexity index is 359.